The molecule has 0 atom stereocenters. The van der Waals surface area contributed by atoms with Gasteiger partial charge >= 0.3 is 0 Å². The van der Waals surface area contributed by atoms with E-state index < -0.39 is 0 Å². The highest BCUT2D eigenvalue weighted by Crippen LogP contribution is 2.44. The first-order valence-corrected chi connectivity index (χ1v) is 20.6. The number of hydrogen-bond acceptors (Lipinski definition) is 0. The van der Waals surface area contributed by atoms with Crippen molar-refractivity contribution < 1.29 is 0 Å². The Hall–Kier alpha value is -7.15. The van der Waals surface area contributed by atoms with Crippen molar-refractivity contribution in [1.29, 1.82) is 0 Å². The van der Waals surface area contributed by atoms with E-state index in [1.54, 1.807) is 0 Å². The molecule has 12 aromatic rings. The van der Waals surface area contributed by atoms with Crippen LogP contribution in [-0.2, 0) is 0 Å². The highest BCUT2D eigenvalue weighted by molar-refractivity contribution is 7.00. The molecule has 2 heteroatoms. The smallest absolute Gasteiger partial charge is 0.0680 e. The van der Waals surface area contributed by atoms with Gasteiger partial charge in [-0.1, -0.05) is 215 Å². The average molecular weight is 726 g/mol. The molecule has 12 aromatic carbocycles. The van der Waals surface area contributed by atoms with Gasteiger partial charge < -0.3 is 0 Å². The molecule has 2 heterocycles. The van der Waals surface area contributed by atoms with Crippen molar-refractivity contribution in [2.24, 2.45) is 0 Å². The Morgan fingerprint density at radius 1 is 0.207 bits per heavy atom. The zero-order valence-corrected chi connectivity index (χ0v) is 31.6. The second kappa shape index (κ2) is 11.2. The third-order valence-electron chi connectivity index (χ3n) is 13.8. The molecule has 0 saturated heterocycles. The monoisotopic (exact) mass is 726 g/mol. The van der Waals surface area contributed by atoms with E-state index in [4.69, 9.17) is 0 Å². The van der Waals surface area contributed by atoms with Gasteiger partial charge in [0, 0.05) is 0 Å². The largest absolute Gasteiger partial charge is 0.242 e. The van der Waals surface area contributed by atoms with Crippen LogP contribution in [-0.4, -0.2) is 13.4 Å². The minimum atomic E-state index is 0.0928. The summed E-state index contributed by atoms with van der Waals surface area (Å²) in [7, 11) is 0. The molecule has 0 fully saturated rings. The van der Waals surface area contributed by atoms with E-state index in [1.807, 2.05) is 0 Å². The molecule has 0 bridgehead atoms. The molecule has 0 aromatic heterocycles. The average Bonchev–Trinajstić information content (AvgIpc) is 3.28. The second-order valence-electron chi connectivity index (χ2n) is 16.8. The van der Waals surface area contributed by atoms with E-state index in [2.05, 4.69) is 194 Å². The van der Waals surface area contributed by atoms with Crippen LogP contribution in [0, 0.1) is 0 Å². The Morgan fingerprint density at radius 2 is 0.534 bits per heavy atom. The maximum atomic E-state index is 2.56. The molecule has 0 nitrogen and oxygen atoms in total. The molecular weight excluding hydrogens is 694 g/mol. The van der Waals surface area contributed by atoms with Crippen LogP contribution in [0.2, 0.25) is 0 Å². The normalized spacial score (nSPS) is 13.1. The van der Waals surface area contributed by atoms with Gasteiger partial charge in [-0.3, -0.25) is 0 Å². The molecule has 262 valence electrons. The fourth-order valence-electron chi connectivity index (χ4n) is 11.3. The second-order valence-corrected chi connectivity index (χ2v) is 16.8. The third kappa shape index (κ3) is 4.12. The van der Waals surface area contributed by atoms with E-state index >= 15 is 0 Å². The fraction of sp³-hybridized carbons (Fsp3) is 0. The summed E-state index contributed by atoms with van der Waals surface area (Å²) in [4.78, 5) is 0. The standard InChI is InChI=1S/C56H32B2/c1-3-11-35-25-43(21-17-33(35)9-1)57-49-29-39-15-7-5-13-37(39)27-47(49)45-23-20-42-32-52-56-46(24-19-41-31-51(57)55(45)53(42)54(41)56)48-28-38-14-6-8-16-40(38)30-50(48)58(52)44-22-18-34-10-2-4-12-36(34)26-44/h1-32H. The van der Waals surface area contributed by atoms with Crippen molar-refractivity contribution in [3.05, 3.63) is 194 Å². The molecule has 0 aliphatic carbocycles. The van der Waals surface area contributed by atoms with Gasteiger partial charge in [0.05, 0.1) is 0 Å². The minimum Gasteiger partial charge on any atom is -0.0680 e. The molecule has 0 amide bonds. The molecule has 0 spiro atoms. The molecule has 0 radical (unpaired) electrons. The third-order valence-corrected chi connectivity index (χ3v) is 13.8. The molecule has 0 saturated carbocycles. The lowest BCUT2D eigenvalue weighted by Crippen LogP contribution is -2.55. The summed E-state index contributed by atoms with van der Waals surface area (Å²) in [6, 6.07) is 74.3. The highest BCUT2D eigenvalue weighted by Gasteiger charge is 2.37. The predicted octanol–water partition coefficient (Wildman–Crippen LogP) is 10.2. The quantitative estimate of drug-likeness (QED) is 0.123. The lowest BCUT2D eigenvalue weighted by Gasteiger charge is -2.33. The summed E-state index contributed by atoms with van der Waals surface area (Å²) in [5.74, 6) is 0. The maximum absolute atomic E-state index is 2.56. The van der Waals surface area contributed by atoms with Gasteiger partial charge in [0.25, 0.3) is 0 Å². The minimum absolute atomic E-state index is 0.0928. The Kier molecular flexibility index (Phi) is 6.01. The zero-order chi connectivity index (χ0) is 37.6. The number of rotatable bonds is 2. The van der Waals surface area contributed by atoms with Crippen LogP contribution in [0.5, 0.6) is 0 Å². The van der Waals surface area contributed by atoms with Gasteiger partial charge in [-0.25, -0.2) is 0 Å². The Labute approximate surface area is 336 Å². The Morgan fingerprint density at radius 3 is 0.948 bits per heavy atom. The van der Waals surface area contributed by atoms with Crippen molar-refractivity contribution in [3.8, 4) is 22.3 Å². The van der Waals surface area contributed by atoms with E-state index in [0.717, 1.165) is 0 Å². The Balaban J connectivity index is 1.13. The number of fused-ring (bicyclic) bond motifs is 8. The topological polar surface area (TPSA) is 0 Å². The van der Waals surface area contributed by atoms with Crippen LogP contribution < -0.4 is 32.8 Å². The van der Waals surface area contributed by atoms with E-state index in [1.165, 1.54) is 130 Å². The van der Waals surface area contributed by atoms with Gasteiger partial charge in [0.1, 0.15) is 0 Å². The zero-order valence-electron chi connectivity index (χ0n) is 31.6. The van der Waals surface area contributed by atoms with Crippen LogP contribution in [0.15, 0.2) is 194 Å². The summed E-state index contributed by atoms with van der Waals surface area (Å²) >= 11 is 0. The SMILES string of the molecule is c1ccc2cc(B3c4cc5ccccc5cc4-c4ccc5cc6c7c(ccc8cc3c4c5c87)-c3cc4ccccc4cc3B6c3ccc4ccccc4c3)ccc2c1. The summed E-state index contributed by atoms with van der Waals surface area (Å²) in [6.07, 6.45) is 0. The van der Waals surface area contributed by atoms with Crippen LogP contribution >= 0.6 is 0 Å². The molecule has 2 aliphatic heterocycles. The van der Waals surface area contributed by atoms with Crippen LogP contribution in [0.3, 0.4) is 0 Å². The highest BCUT2D eigenvalue weighted by atomic mass is 14.3. The van der Waals surface area contributed by atoms with Gasteiger partial charge in [-0.2, -0.15) is 0 Å². The first-order valence-electron chi connectivity index (χ1n) is 20.6. The van der Waals surface area contributed by atoms with E-state index in [0.29, 0.717) is 0 Å². The van der Waals surface area contributed by atoms with E-state index in [-0.39, 0.29) is 13.4 Å². The molecule has 0 N–H and O–H groups in total. The summed E-state index contributed by atoms with van der Waals surface area (Å²) in [5, 5.41) is 18.5. The van der Waals surface area contributed by atoms with Crippen molar-refractivity contribution in [1.82, 2.24) is 0 Å². The van der Waals surface area contributed by atoms with Gasteiger partial charge in [-0.05, 0) is 110 Å². The summed E-state index contributed by atoms with van der Waals surface area (Å²) in [6.45, 7) is 0.186. The lowest BCUT2D eigenvalue weighted by atomic mass is 9.32. The van der Waals surface area contributed by atoms with Crippen LogP contribution in [0.1, 0.15) is 0 Å². The lowest BCUT2D eigenvalue weighted by molar-refractivity contribution is 1.69. The van der Waals surface area contributed by atoms with Gasteiger partial charge in [0.2, 0.25) is 13.4 Å². The molecular formula is C56H32B2. The predicted molar refractivity (Wildman–Crippen MR) is 253 cm³/mol. The van der Waals surface area contributed by atoms with Crippen molar-refractivity contribution >= 4 is 122 Å². The van der Waals surface area contributed by atoms with Crippen molar-refractivity contribution in [2.75, 3.05) is 0 Å². The molecule has 58 heavy (non-hydrogen) atoms. The first kappa shape index (κ1) is 31.0. The van der Waals surface area contributed by atoms with Gasteiger partial charge in [-0.15, -0.1) is 0 Å². The molecule has 14 rings (SSSR count). The summed E-state index contributed by atoms with van der Waals surface area (Å²) < 4.78 is 0. The van der Waals surface area contributed by atoms with Crippen molar-refractivity contribution in [2.45, 2.75) is 0 Å². The van der Waals surface area contributed by atoms with E-state index in [9.17, 15) is 0 Å². The Bertz CT molecular complexity index is 3520. The molecule has 0 unspecified atom stereocenters. The number of benzene rings is 12. The fourth-order valence-corrected chi connectivity index (χ4v) is 11.3. The maximum Gasteiger partial charge on any atom is 0.242 e. The van der Waals surface area contributed by atoms with Gasteiger partial charge in [0.15, 0.2) is 0 Å². The molecule has 2 aliphatic rings. The first-order chi connectivity index (χ1) is 28.7. The summed E-state index contributed by atoms with van der Waals surface area (Å²) in [5.41, 5.74) is 13.7. The number of hydrogen-bond donors (Lipinski definition) is 0. The van der Waals surface area contributed by atoms with Crippen LogP contribution in [0.4, 0.5) is 0 Å². The van der Waals surface area contributed by atoms with Crippen LogP contribution in [0.25, 0.3) is 97.7 Å². The van der Waals surface area contributed by atoms with Crippen molar-refractivity contribution in [3.63, 3.8) is 0 Å².